The van der Waals surface area contributed by atoms with E-state index in [9.17, 15) is 13.6 Å². The van der Waals surface area contributed by atoms with Crippen molar-refractivity contribution in [2.75, 3.05) is 11.4 Å². The first-order valence-electron chi connectivity index (χ1n) is 5.25. The van der Waals surface area contributed by atoms with Crippen molar-refractivity contribution in [3.8, 4) is 12.3 Å². The lowest BCUT2D eigenvalue weighted by atomic mass is 10.1. The molecule has 0 radical (unpaired) electrons. The largest absolute Gasteiger partial charge is 0.308 e. The van der Waals surface area contributed by atoms with Crippen LogP contribution in [-0.2, 0) is 4.79 Å². The molecule has 1 aliphatic rings. The fraction of sp³-hybridized carbons (Fsp3) is 0.308. The van der Waals surface area contributed by atoms with Crippen molar-refractivity contribution in [3.05, 3.63) is 29.3 Å². The number of aryl methyl sites for hydroxylation is 1. The van der Waals surface area contributed by atoms with Crippen LogP contribution in [0.1, 0.15) is 12.0 Å². The number of carbonyl (C=O) groups excluding carboxylic acids is 1. The molecule has 1 heterocycles. The SMILES string of the molecule is C#CC1CC(=O)N(c2cc(F)c(C)cc2F)C1. The molecule has 0 saturated carbocycles. The second kappa shape index (κ2) is 4.17. The summed E-state index contributed by atoms with van der Waals surface area (Å²) < 4.78 is 27.0. The zero-order valence-electron chi connectivity index (χ0n) is 9.34. The van der Waals surface area contributed by atoms with Crippen LogP contribution in [0.15, 0.2) is 12.1 Å². The maximum atomic E-state index is 13.7. The van der Waals surface area contributed by atoms with Gasteiger partial charge in [-0.2, -0.15) is 0 Å². The van der Waals surface area contributed by atoms with E-state index in [0.29, 0.717) is 0 Å². The number of halogens is 2. The smallest absolute Gasteiger partial charge is 0.228 e. The van der Waals surface area contributed by atoms with Crippen LogP contribution < -0.4 is 4.90 Å². The van der Waals surface area contributed by atoms with Crippen molar-refractivity contribution >= 4 is 11.6 Å². The van der Waals surface area contributed by atoms with E-state index in [-0.39, 0.29) is 36.0 Å². The van der Waals surface area contributed by atoms with E-state index in [2.05, 4.69) is 5.92 Å². The summed E-state index contributed by atoms with van der Waals surface area (Å²) in [6.45, 7) is 1.72. The summed E-state index contributed by atoms with van der Waals surface area (Å²) in [5, 5.41) is 0. The highest BCUT2D eigenvalue weighted by Crippen LogP contribution is 2.28. The van der Waals surface area contributed by atoms with Gasteiger partial charge in [-0.25, -0.2) is 8.78 Å². The lowest BCUT2D eigenvalue weighted by molar-refractivity contribution is -0.117. The van der Waals surface area contributed by atoms with Gasteiger partial charge in [0, 0.05) is 24.9 Å². The van der Waals surface area contributed by atoms with Gasteiger partial charge in [-0.05, 0) is 18.6 Å². The van der Waals surface area contributed by atoms with Crippen LogP contribution in [0.2, 0.25) is 0 Å². The number of carbonyl (C=O) groups is 1. The van der Waals surface area contributed by atoms with Crippen LogP contribution in [0.25, 0.3) is 0 Å². The fourth-order valence-corrected chi connectivity index (χ4v) is 1.89. The van der Waals surface area contributed by atoms with Gasteiger partial charge in [0.1, 0.15) is 11.6 Å². The predicted octanol–water partition coefficient (Wildman–Crippen LogP) is 2.26. The second-order valence-corrected chi connectivity index (χ2v) is 4.12. The van der Waals surface area contributed by atoms with Crippen molar-refractivity contribution in [2.24, 2.45) is 5.92 Å². The molecule has 4 heteroatoms. The van der Waals surface area contributed by atoms with Crippen LogP contribution in [0.3, 0.4) is 0 Å². The number of rotatable bonds is 1. The molecule has 1 aromatic rings. The van der Waals surface area contributed by atoms with Crippen molar-refractivity contribution in [2.45, 2.75) is 13.3 Å². The number of anilines is 1. The lowest BCUT2D eigenvalue weighted by Gasteiger charge is -2.17. The van der Waals surface area contributed by atoms with Crippen molar-refractivity contribution in [1.82, 2.24) is 0 Å². The molecule has 0 bridgehead atoms. The molecule has 0 aliphatic carbocycles. The number of hydrogen-bond acceptors (Lipinski definition) is 1. The Morgan fingerprint density at radius 2 is 2.12 bits per heavy atom. The number of hydrogen-bond donors (Lipinski definition) is 0. The van der Waals surface area contributed by atoms with E-state index in [1.807, 2.05) is 0 Å². The van der Waals surface area contributed by atoms with Crippen molar-refractivity contribution < 1.29 is 13.6 Å². The Labute approximate surface area is 98.2 Å². The monoisotopic (exact) mass is 235 g/mol. The average molecular weight is 235 g/mol. The quantitative estimate of drug-likeness (QED) is 0.684. The van der Waals surface area contributed by atoms with E-state index in [0.717, 1.165) is 12.1 Å². The number of nitrogens with zero attached hydrogens (tertiary/aromatic N) is 1. The highest BCUT2D eigenvalue weighted by molar-refractivity contribution is 5.96. The Kier molecular flexibility index (Phi) is 2.84. The topological polar surface area (TPSA) is 20.3 Å². The van der Waals surface area contributed by atoms with Crippen molar-refractivity contribution in [3.63, 3.8) is 0 Å². The molecule has 0 aromatic heterocycles. The minimum atomic E-state index is -0.602. The molecular weight excluding hydrogens is 224 g/mol. The molecule has 17 heavy (non-hydrogen) atoms. The minimum absolute atomic E-state index is 0.0316. The summed E-state index contributed by atoms with van der Waals surface area (Å²) in [5.74, 6) is 0.831. The van der Waals surface area contributed by atoms with E-state index in [4.69, 9.17) is 6.42 Å². The van der Waals surface area contributed by atoms with E-state index >= 15 is 0 Å². The Bertz CT molecular complexity index is 519. The Morgan fingerprint density at radius 3 is 2.71 bits per heavy atom. The molecule has 1 fully saturated rings. The molecular formula is C13H11F2NO. The molecule has 1 atom stereocenters. The fourth-order valence-electron chi connectivity index (χ4n) is 1.89. The van der Waals surface area contributed by atoms with E-state index in [1.165, 1.54) is 11.8 Å². The van der Waals surface area contributed by atoms with Gasteiger partial charge in [-0.1, -0.05) is 0 Å². The van der Waals surface area contributed by atoms with Gasteiger partial charge < -0.3 is 4.90 Å². The first kappa shape index (κ1) is 11.6. The third kappa shape index (κ3) is 2.01. The highest BCUT2D eigenvalue weighted by Gasteiger charge is 2.31. The molecule has 1 aliphatic heterocycles. The summed E-state index contributed by atoms with van der Waals surface area (Å²) >= 11 is 0. The Morgan fingerprint density at radius 1 is 1.41 bits per heavy atom. The molecule has 1 aromatic carbocycles. The molecule has 1 amide bonds. The van der Waals surface area contributed by atoms with Crippen LogP contribution in [0, 0.1) is 36.8 Å². The van der Waals surface area contributed by atoms with E-state index in [1.54, 1.807) is 0 Å². The van der Waals surface area contributed by atoms with Crippen LogP contribution in [-0.4, -0.2) is 12.5 Å². The summed E-state index contributed by atoms with van der Waals surface area (Å²) in [6, 6.07) is 2.13. The summed E-state index contributed by atoms with van der Waals surface area (Å²) in [7, 11) is 0. The second-order valence-electron chi connectivity index (χ2n) is 4.12. The summed E-state index contributed by atoms with van der Waals surface area (Å²) in [4.78, 5) is 12.8. The van der Waals surface area contributed by atoms with Crippen LogP contribution in [0.5, 0.6) is 0 Å². The predicted molar refractivity (Wildman–Crippen MR) is 60.4 cm³/mol. The summed E-state index contributed by atoms with van der Waals surface area (Å²) in [5.41, 5.74) is 0.183. The number of amides is 1. The zero-order valence-corrected chi connectivity index (χ0v) is 9.34. The molecule has 88 valence electrons. The molecule has 2 nitrogen and oxygen atoms in total. The molecule has 1 saturated heterocycles. The maximum absolute atomic E-state index is 13.7. The maximum Gasteiger partial charge on any atom is 0.228 e. The lowest BCUT2D eigenvalue weighted by Crippen LogP contribution is -2.25. The third-order valence-corrected chi connectivity index (χ3v) is 2.88. The van der Waals surface area contributed by atoms with Crippen LogP contribution in [0.4, 0.5) is 14.5 Å². The van der Waals surface area contributed by atoms with Gasteiger partial charge in [-0.3, -0.25) is 4.79 Å². The highest BCUT2D eigenvalue weighted by atomic mass is 19.1. The van der Waals surface area contributed by atoms with Gasteiger partial charge in [0.2, 0.25) is 5.91 Å². The first-order valence-corrected chi connectivity index (χ1v) is 5.25. The molecule has 0 spiro atoms. The van der Waals surface area contributed by atoms with E-state index < -0.39 is 11.6 Å². The average Bonchev–Trinajstić information content (AvgIpc) is 2.65. The number of terminal acetylenes is 1. The minimum Gasteiger partial charge on any atom is -0.308 e. The Hall–Kier alpha value is -1.89. The number of benzene rings is 1. The van der Waals surface area contributed by atoms with Crippen molar-refractivity contribution in [1.29, 1.82) is 0 Å². The van der Waals surface area contributed by atoms with Gasteiger partial charge in [0.25, 0.3) is 0 Å². The van der Waals surface area contributed by atoms with Gasteiger partial charge in [0.15, 0.2) is 0 Å². The normalized spacial score (nSPS) is 19.5. The van der Waals surface area contributed by atoms with Crippen LogP contribution >= 0.6 is 0 Å². The summed E-state index contributed by atoms with van der Waals surface area (Å²) in [6.07, 6.45) is 5.42. The van der Waals surface area contributed by atoms with Gasteiger partial charge >= 0.3 is 0 Å². The zero-order chi connectivity index (χ0) is 12.6. The first-order chi connectivity index (χ1) is 8.02. The van der Waals surface area contributed by atoms with Gasteiger partial charge in [-0.15, -0.1) is 12.3 Å². The molecule has 0 N–H and O–H groups in total. The standard InChI is InChI=1S/C13H11F2NO/c1-3-9-5-13(17)16(7-9)12-6-10(14)8(2)4-11(12)15/h1,4,6,9H,5,7H2,2H3. The molecule has 1 unspecified atom stereocenters. The molecule has 2 rings (SSSR count). The third-order valence-electron chi connectivity index (χ3n) is 2.88. The van der Waals surface area contributed by atoms with Gasteiger partial charge in [0.05, 0.1) is 5.69 Å². The Balaban J connectivity index is 2.39.